The molecule has 5 heteroatoms. The van der Waals surface area contributed by atoms with Crippen LogP contribution in [0.1, 0.15) is 12.8 Å². The third-order valence-corrected chi connectivity index (χ3v) is 5.42. The maximum Gasteiger partial charge on any atom is 0.322 e. The van der Waals surface area contributed by atoms with Crippen LogP contribution >= 0.6 is 0 Å². The molecule has 1 N–H and O–H groups in total. The van der Waals surface area contributed by atoms with E-state index in [1.165, 1.54) is 19.4 Å². The van der Waals surface area contributed by atoms with Crippen molar-refractivity contribution in [1.29, 1.82) is 0 Å². The second-order valence-electron chi connectivity index (χ2n) is 6.99. The lowest BCUT2D eigenvalue weighted by atomic mass is 10.0. The number of amides is 2. The third kappa shape index (κ3) is 3.40. The van der Waals surface area contributed by atoms with E-state index in [2.05, 4.69) is 22.3 Å². The summed E-state index contributed by atoms with van der Waals surface area (Å²) in [7, 11) is 1.63. The zero-order valence-corrected chi connectivity index (χ0v) is 15.1. The first-order valence-electron chi connectivity index (χ1n) is 9.28. The van der Waals surface area contributed by atoms with Crippen molar-refractivity contribution in [3.05, 3.63) is 48.5 Å². The minimum Gasteiger partial charge on any atom is -0.495 e. The second kappa shape index (κ2) is 7.38. The Balaban J connectivity index is 1.52. The van der Waals surface area contributed by atoms with Crippen molar-refractivity contribution < 1.29 is 9.53 Å². The Morgan fingerprint density at radius 2 is 1.92 bits per heavy atom. The number of nitrogens with zero attached hydrogens (tertiary/aromatic N) is 2. The van der Waals surface area contributed by atoms with E-state index in [1.807, 2.05) is 41.3 Å². The zero-order valence-electron chi connectivity index (χ0n) is 15.1. The highest BCUT2D eigenvalue weighted by atomic mass is 16.5. The molecular weight excluding hydrogens is 326 g/mol. The van der Waals surface area contributed by atoms with Crippen molar-refractivity contribution in [3.63, 3.8) is 0 Å². The van der Waals surface area contributed by atoms with Gasteiger partial charge >= 0.3 is 6.03 Å². The van der Waals surface area contributed by atoms with Crippen LogP contribution < -0.4 is 10.1 Å². The maximum absolute atomic E-state index is 12.8. The quantitative estimate of drug-likeness (QED) is 0.918. The predicted octanol–water partition coefficient (Wildman–Crippen LogP) is 3.67. The van der Waals surface area contributed by atoms with Crippen LogP contribution in [0.15, 0.2) is 48.5 Å². The number of anilines is 1. The molecule has 4 rings (SSSR count). The van der Waals surface area contributed by atoms with E-state index in [1.54, 1.807) is 7.11 Å². The van der Waals surface area contributed by atoms with Crippen LogP contribution in [0, 0.1) is 0 Å². The molecule has 0 aromatic heterocycles. The summed E-state index contributed by atoms with van der Waals surface area (Å²) in [5, 5.41) is 3.06. The van der Waals surface area contributed by atoms with Gasteiger partial charge in [-0.15, -0.1) is 0 Å². The fourth-order valence-electron chi connectivity index (χ4n) is 3.99. The van der Waals surface area contributed by atoms with E-state index in [0.717, 1.165) is 30.8 Å². The molecule has 0 bridgehead atoms. The average molecular weight is 351 g/mol. The van der Waals surface area contributed by atoms with Gasteiger partial charge in [0.1, 0.15) is 5.75 Å². The number of hydrogen-bond donors (Lipinski definition) is 1. The smallest absolute Gasteiger partial charge is 0.322 e. The Morgan fingerprint density at radius 3 is 2.73 bits per heavy atom. The first kappa shape index (κ1) is 16.9. The summed E-state index contributed by atoms with van der Waals surface area (Å²) in [4.78, 5) is 17.2. The molecule has 2 aromatic rings. The van der Waals surface area contributed by atoms with E-state index >= 15 is 0 Å². The number of nitrogens with one attached hydrogen (secondary N) is 1. The predicted molar refractivity (Wildman–Crippen MR) is 104 cm³/mol. The molecule has 0 aliphatic carbocycles. The molecule has 2 aliphatic rings. The lowest BCUT2D eigenvalue weighted by molar-refractivity contribution is 0.124. The van der Waals surface area contributed by atoms with E-state index < -0.39 is 0 Å². The first-order valence-corrected chi connectivity index (χ1v) is 9.28. The van der Waals surface area contributed by atoms with E-state index in [0.29, 0.717) is 17.5 Å². The van der Waals surface area contributed by atoms with Gasteiger partial charge in [-0.3, -0.25) is 4.90 Å². The van der Waals surface area contributed by atoms with E-state index in [9.17, 15) is 4.79 Å². The van der Waals surface area contributed by atoms with Crippen molar-refractivity contribution in [3.8, 4) is 16.9 Å². The topological polar surface area (TPSA) is 44.8 Å². The summed E-state index contributed by atoms with van der Waals surface area (Å²) >= 11 is 0. The summed E-state index contributed by atoms with van der Waals surface area (Å²) in [6.07, 6.45) is 2.43. The van der Waals surface area contributed by atoms with Crippen LogP contribution in [0.2, 0.25) is 0 Å². The lowest BCUT2D eigenvalue weighted by Gasteiger charge is -2.37. The summed E-state index contributed by atoms with van der Waals surface area (Å²) in [6, 6.07) is 16.5. The highest BCUT2D eigenvalue weighted by Gasteiger charge is 2.32. The molecule has 0 saturated carbocycles. The summed E-state index contributed by atoms with van der Waals surface area (Å²) < 4.78 is 5.45. The summed E-state index contributed by atoms with van der Waals surface area (Å²) in [5.74, 6) is 0.678. The zero-order chi connectivity index (χ0) is 17.9. The SMILES string of the molecule is COc1ccc(-c2ccccc2)cc1NC(=O)N1CCN2CCC[C@@H]2C1. The van der Waals surface area contributed by atoms with Crippen LogP contribution in [0.25, 0.3) is 11.1 Å². The van der Waals surface area contributed by atoms with Gasteiger partial charge in [-0.25, -0.2) is 4.79 Å². The van der Waals surface area contributed by atoms with Gasteiger partial charge in [-0.1, -0.05) is 36.4 Å². The van der Waals surface area contributed by atoms with Crippen molar-refractivity contribution in [2.24, 2.45) is 0 Å². The normalized spacial score (nSPS) is 19.9. The molecule has 5 nitrogen and oxygen atoms in total. The van der Waals surface area contributed by atoms with Gasteiger partial charge in [0.05, 0.1) is 12.8 Å². The molecule has 136 valence electrons. The molecular formula is C21H25N3O2. The Labute approximate surface area is 154 Å². The van der Waals surface area contributed by atoms with Crippen LogP contribution in [-0.4, -0.2) is 55.2 Å². The molecule has 2 amide bonds. The maximum atomic E-state index is 12.8. The Hall–Kier alpha value is -2.53. The number of carbonyl (C=O) groups excluding carboxylic acids is 1. The molecule has 2 fully saturated rings. The molecule has 0 radical (unpaired) electrons. The molecule has 26 heavy (non-hydrogen) atoms. The summed E-state index contributed by atoms with van der Waals surface area (Å²) in [5.41, 5.74) is 2.89. The van der Waals surface area contributed by atoms with Crippen molar-refractivity contribution in [2.75, 3.05) is 38.6 Å². The number of carbonyl (C=O) groups is 1. The Morgan fingerprint density at radius 1 is 1.08 bits per heavy atom. The number of rotatable bonds is 3. The number of ether oxygens (including phenoxy) is 1. The lowest BCUT2D eigenvalue weighted by Crippen LogP contribution is -2.53. The average Bonchev–Trinajstić information content (AvgIpc) is 3.16. The molecule has 2 saturated heterocycles. The minimum atomic E-state index is -0.0416. The standard InChI is InChI=1S/C21H25N3O2/c1-26-20-10-9-17(16-6-3-2-4-7-16)14-19(20)22-21(25)24-13-12-23-11-5-8-18(23)15-24/h2-4,6-7,9-10,14,18H,5,8,11-13,15H2,1H3,(H,22,25)/t18-/m1/s1. The van der Waals surface area contributed by atoms with Crippen molar-refractivity contribution in [2.45, 2.75) is 18.9 Å². The highest BCUT2D eigenvalue weighted by molar-refractivity contribution is 5.92. The number of piperazine rings is 1. The number of methoxy groups -OCH3 is 1. The van der Waals surface area contributed by atoms with Gasteiger partial charge in [0, 0.05) is 25.7 Å². The van der Waals surface area contributed by atoms with Crippen LogP contribution in [0.4, 0.5) is 10.5 Å². The highest BCUT2D eigenvalue weighted by Crippen LogP contribution is 2.31. The summed E-state index contributed by atoms with van der Waals surface area (Å²) in [6.45, 7) is 3.74. The molecule has 0 unspecified atom stereocenters. The van der Waals surface area contributed by atoms with E-state index in [4.69, 9.17) is 4.74 Å². The third-order valence-electron chi connectivity index (χ3n) is 5.42. The molecule has 1 atom stereocenters. The molecule has 0 spiro atoms. The number of fused-ring (bicyclic) bond motifs is 1. The van der Waals surface area contributed by atoms with Gasteiger partial charge in [0.25, 0.3) is 0 Å². The van der Waals surface area contributed by atoms with Crippen LogP contribution in [0.3, 0.4) is 0 Å². The van der Waals surface area contributed by atoms with Gasteiger partial charge < -0.3 is 15.0 Å². The fraction of sp³-hybridized carbons (Fsp3) is 0.381. The first-order chi connectivity index (χ1) is 12.7. The van der Waals surface area contributed by atoms with Crippen molar-refractivity contribution >= 4 is 11.7 Å². The molecule has 2 heterocycles. The minimum absolute atomic E-state index is 0.0416. The van der Waals surface area contributed by atoms with Gasteiger partial charge in [-0.05, 0) is 42.6 Å². The van der Waals surface area contributed by atoms with Gasteiger partial charge in [0.15, 0.2) is 0 Å². The van der Waals surface area contributed by atoms with Crippen molar-refractivity contribution in [1.82, 2.24) is 9.80 Å². The fourth-order valence-corrected chi connectivity index (χ4v) is 3.99. The molecule has 2 aliphatic heterocycles. The largest absolute Gasteiger partial charge is 0.495 e. The van der Waals surface area contributed by atoms with Crippen LogP contribution in [-0.2, 0) is 0 Å². The molecule has 2 aromatic carbocycles. The Bertz CT molecular complexity index is 778. The number of benzene rings is 2. The second-order valence-corrected chi connectivity index (χ2v) is 6.99. The van der Waals surface area contributed by atoms with Gasteiger partial charge in [0.2, 0.25) is 0 Å². The monoisotopic (exact) mass is 351 g/mol. The Kier molecular flexibility index (Phi) is 4.80. The van der Waals surface area contributed by atoms with Gasteiger partial charge in [-0.2, -0.15) is 0 Å². The number of hydrogen-bond acceptors (Lipinski definition) is 3. The number of urea groups is 1. The van der Waals surface area contributed by atoms with Crippen LogP contribution in [0.5, 0.6) is 5.75 Å². The van der Waals surface area contributed by atoms with E-state index in [-0.39, 0.29) is 6.03 Å².